The normalized spacial score (nSPS) is 12.2. The highest BCUT2D eigenvalue weighted by molar-refractivity contribution is 5.81. The van der Waals surface area contributed by atoms with Crippen LogP contribution in [0.2, 0.25) is 0 Å². The van der Waals surface area contributed by atoms with Crippen LogP contribution in [-0.2, 0) is 16.0 Å². The van der Waals surface area contributed by atoms with Gasteiger partial charge in [-0.05, 0) is 30.5 Å². The number of amides is 1. The van der Waals surface area contributed by atoms with E-state index in [0.29, 0.717) is 19.6 Å². The van der Waals surface area contributed by atoms with Gasteiger partial charge >= 0.3 is 0 Å². The molecule has 0 heterocycles. The van der Waals surface area contributed by atoms with Crippen molar-refractivity contribution in [1.82, 2.24) is 4.90 Å². The van der Waals surface area contributed by atoms with Crippen LogP contribution in [0.5, 0.6) is 5.75 Å². The van der Waals surface area contributed by atoms with E-state index in [1.807, 2.05) is 0 Å². The Morgan fingerprint density at radius 1 is 1.42 bits per heavy atom. The number of methoxy groups -OCH3 is 1. The molecule has 106 valence electrons. The van der Waals surface area contributed by atoms with Gasteiger partial charge in [0.15, 0.2) is 0 Å². The first-order chi connectivity index (χ1) is 9.04. The molecule has 0 radical (unpaired) electrons. The zero-order valence-corrected chi connectivity index (χ0v) is 11.5. The largest absolute Gasteiger partial charge is 0.508 e. The van der Waals surface area contributed by atoms with Crippen LogP contribution in [0, 0.1) is 0 Å². The van der Waals surface area contributed by atoms with E-state index in [4.69, 9.17) is 10.5 Å². The van der Waals surface area contributed by atoms with Gasteiger partial charge in [-0.1, -0.05) is 12.1 Å². The van der Waals surface area contributed by atoms with Crippen molar-refractivity contribution in [3.05, 3.63) is 29.8 Å². The van der Waals surface area contributed by atoms with E-state index < -0.39 is 6.04 Å². The number of rotatable bonds is 7. The highest BCUT2D eigenvalue weighted by Crippen LogP contribution is 2.11. The van der Waals surface area contributed by atoms with Gasteiger partial charge < -0.3 is 20.5 Å². The Morgan fingerprint density at radius 3 is 2.63 bits per heavy atom. The molecule has 0 saturated heterocycles. The summed E-state index contributed by atoms with van der Waals surface area (Å²) in [5, 5.41) is 9.19. The van der Waals surface area contributed by atoms with E-state index in [1.54, 1.807) is 43.3 Å². The third kappa shape index (κ3) is 5.28. The van der Waals surface area contributed by atoms with Crippen LogP contribution in [0.3, 0.4) is 0 Å². The van der Waals surface area contributed by atoms with Gasteiger partial charge in [0, 0.05) is 27.3 Å². The van der Waals surface area contributed by atoms with Gasteiger partial charge in [-0.3, -0.25) is 4.79 Å². The van der Waals surface area contributed by atoms with Crippen molar-refractivity contribution in [2.24, 2.45) is 5.73 Å². The van der Waals surface area contributed by atoms with Crippen molar-refractivity contribution in [3.63, 3.8) is 0 Å². The van der Waals surface area contributed by atoms with Crippen molar-refractivity contribution in [2.75, 3.05) is 27.3 Å². The first-order valence-electron chi connectivity index (χ1n) is 6.32. The molecule has 0 aliphatic rings. The fourth-order valence-corrected chi connectivity index (χ4v) is 1.81. The minimum atomic E-state index is -0.558. The number of phenolic OH excluding ortho intramolecular Hbond substituents is 1. The number of nitrogens with two attached hydrogens (primary N) is 1. The molecule has 0 fully saturated rings. The lowest BCUT2D eigenvalue weighted by atomic mass is 10.1. The molecule has 5 nitrogen and oxygen atoms in total. The van der Waals surface area contributed by atoms with E-state index in [2.05, 4.69) is 0 Å². The molecule has 0 saturated carbocycles. The van der Waals surface area contributed by atoms with E-state index in [1.165, 1.54) is 0 Å². The monoisotopic (exact) mass is 266 g/mol. The molecule has 0 bridgehead atoms. The molecule has 3 N–H and O–H groups in total. The average molecular weight is 266 g/mol. The highest BCUT2D eigenvalue weighted by Gasteiger charge is 2.18. The molecule has 0 aromatic heterocycles. The van der Waals surface area contributed by atoms with Gasteiger partial charge in [0.2, 0.25) is 5.91 Å². The summed E-state index contributed by atoms with van der Waals surface area (Å²) in [4.78, 5) is 13.6. The van der Waals surface area contributed by atoms with Crippen LogP contribution in [0.1, 0.15) is 12.0 Å². The van der Waals surface area contributed by atoms with Gasteiger partial charge in [-0.15, -0.1) is 0 Å². The second-order valence-corrected chi connectivity index (χ2v) is 4.58. The number of nitrogens with zero attached hydrogens (tertiary/aromatic N) is 1. The molecule has 0 spiro atoms. The van der Waals surface area contributed by atoms with E-state index in [-0.39, 0.29) is 11.7 Å². The number of hydrogen-bond donors (Lipinski definition) is 2. The maximum absolute atomic E-state index is 12.0. The molecule has 1 unspecified atom stereocenters. The van der Waals surface area contributed by atoms with Crippen molar-refractivity contribution in [2.45, 2.75) is 18.9 Å². The lowest BCUT2D eigenvalue weighted by Crippen LogP contribution is -2.43. The number of likely N-dealkylation sites (N-methyl/N-ethyl adjacent to an activating group) is 1. The lowest BCUT2D eigenvalue weighted by molar-refractivity contribution is -0.131. The number of phenols is 1. The second-order valence-electron chi connectivity index (χ2n) is 4.58. The molecule has 1 amide bonds. The SMILES string of the molecule is COCCCN(C)C(=O)C(N)Cc1ccc(O)cc1. The number of ether oxygens (including phenoxy) is 1. The Labute approximate surface area is 114 Å². The zero-order chi connectivity index (χ0) is 14.3. The second kappa shape index (κ2) is 7.76. The third-order valence-corrected chi connectivity index (χ3v) is 2.93. The van der Waals surface area contributed by atoms with Gasteiger partial charge in [-0.25, -0.2) is 0 Å². The van der Waals surface area contributed by atoms with E-state index in [0.717, 1.165) is 12.0 Å². The molecule has 5 heteroatoms. The number of aromatic hydroxyl groups is 1. The topological polar surface area (TPSA) is 75.8 Å². The highest BCUT2D eigenvalue weighted by atomic mass is 16.5. The van der Waals surface area contributed by atoms with Crippen molar-refractivity contribution in [1.29, 1.82) is 0 Å². The zero-order valence-electron chi connectivity index (χ0n) is 11.5. The summed E-state index contributed by atoms with van der Waals surface area (Å²) < 4.78 is 4.95. The maximum Gasteiger partial charge on any atom is 0.239 e. The van der Waals surface area contributed by atoms with E-state index >= 15 is 0 Å². The summed E-state index contributed by atoms with van der Waals surface area (Å²) >= 11 is 0. The molecule has 1 rings (SSSR count). The fraction of sp³-hybridized carbons (Fsp3) is 0.500. The number of carbonyl (C=O) groups excluding carboxylic acids is 1. The Balaban J connectivity index is 2.45. The lowest BCUT2D eigenvalue weighted by Gasteiger charge is -2.21. The molecule has 0 aliphatic heterocycles. The number of carbonyl (C=O) groups is 1. The minimum Gasteiger partial charge on any atom is -0.508 e. The first kappa shape index (κ1) is 15.5. The van der Waals surface area contributed by atoms with Crippen LogP contribution in [-0.4, -0.2) is 49.3 Å². The van der Waals surface area contributed by atoms with Gasteiger partial charge in [0.25, 0.3) is 0 Å². The maximum atomic E-state index is 12.0. The summed E-state index contributed by atoms with van der Waals surface area (Å²) in [6, 6.07) is 6.17. The summed E-state index contributed by atoms with van der Waals surface area (Å²) in [6.07, 6.45) is 1.26. The Kier molecular flexibility index (Phi) is 6.32. The van der Waals surface area contributed by atoms with Crippen molar-refractivity contribution < 1.29 is 14.6 Å². The smallest absolute Gasteiger partial charge is 0.239 e. The van der Waals surface area contributed by atoms with Crippen molar-refractivity contribution in [3.8, 4) is 5.75 Å². The standard InChI is InChI=1S/C14H22N2O3/c1-16(8-3-9-19-2)14(18)13(15)10-11-4-6-12(17)7-5-11/h4-7,13,17H,3,8-10,15H2,1-2H3. The summed E-state index contributed by atoms with van der Waals surface area (Å²) in [6.45, 7) is 1.26. The average Bonchev–Trinajstić information content (AvgIpc) is 2.40. The van der Waals surface area contributed by atoms with Gasteiger partial charge in [-0.2, -0.15) is 0 Å². The first-order valence-corrected chi connectivity index (χ1v) is 6.32. The predicted octanol–water partition coefficient (Wildman–Crippen LogP) is 0.757. The van der Waals surface area contributed by atoms with E-state index in [9.17, 15) is 9.90 Å². The molecular weight excluding hydrogens is 244 g/mol. The third-order valence-electron chi connectivity index (χ3n) is 2.93. The van der Waals surface area contributed by atoms with Crippen LogP contribution in [0.4, 0.5) is 0 Å². The van der Waals surface area contributed by atoms with Crippen LogP contribution in [0.15, 0.2) is 24.3 Å². The molecular formula is C14H22N2O3. The van der Waals surface area contributed by atoms with Gasteiger partial charge in [0.1, 0.15) is 5.75 Å². The Bertz CT molecular complexity index is 392. The van der Waals surface area contributed by atoms with Gasteiger partial charge in [0.05, 0.1) is 6.04 Å². The molecule has 1 atom stereocenters. The molecule has 0 aliphatic carbocycles. The Hall–Kier alpha value is -1.59. The predicted molar refractivity (Wildman–Crippen MR) is 73.9 cm³/mol. The summed E-state index contributed by atoms with van der Waals surface area (Å²) in [7, 11) is 3.38. The van der Waals surface area contributed by atoms with Crippen LogP contribution in [0.25, 0.3) is 0 Å². The minimum absolute atomic E-state index is 0.0795. The Morgan fingerprint density at radius 2 is 2.05 bits per heavy atom. The number of hydrogen-bond acceptors (Lipinski definition) is 4. The quantitative estimate of drug-likeness (QED) is 0.714. The van der Waals surface area contributed by atoms with Crippen molar-refractivity contribution >= 4 is 5.91 Å². The molecule has 1 aromatic carbocycles. The molecule has 1 aromatic rings. The summed E-state index contributed by atoms with van der Waals surface area (Å²) in [5.41, 5.74) is 6.84. The van der Waals surface area contributed by atoms with Crippen LogP contribution >= 0.6 is 0 Å². The molecule has 19 heavy (non-hydrogen) atoms. The van der Waals surface area contributed by atoms with Crippen LogP contribution < -0.4 is 5.73 Å². The number of benzene rings is 1. The summed E-state index contributed by atoms with van der Waals surface area (Å²) in [5.74, 6) is 0.129. The fourth-order valence-electron chi connectivity index (χ4n) is 1.81.